The van der Waals surface area contributed by atoms with E-state index in [1.807, 2.05) is 23.9 Å². The first kappa shape index (κ1) is 11.4. The molecule has 0 saturated heterocycles. The summed E-state index contributed by atoms with van der Waals surface area (Å²) in [5.41, 5.74) is 1.33. The van der Waals surface area contributed by atoms with Crippen molar-refractivity contribution in [1.29, 1.82) is 0 Å². The SMILES string of the molecule is CCC1=C(C2C=C(Cl)C(Cl)=CC2)NCS1. The highest BCUT2D eigenvalue weighted by Gasteiger charge is 2.23. The van der Waals surface area contributed by atoms with E-state index in [9.17, 15) is 0 Å². The highest BCUT2D eigenvalue weighted by atomic mass is 35.5. The van der Waals surface area contributed by atoms with Gasteiger partial charge in [0.15, 0.2) is 0 Å². The Labute approximate surface area is 105 Å². The van der Waals surface area contributed by atoms with E-state index in [-0.39, 0.29) is 0 Å². The maximum Gasteiger partial charge on any atom is 0.0652 e. The Balaban J connectivity index is 2.20. The molecule has 1 atom stereocenters. The molecule has 0 aromatic carbocycles. The Hall–Kier alpha value is -0.0500. The van der Waals surface area contributed by atoms with Crippen molar-refractivity contribution in [3.05, 3.63) is 32.8 Å². The minimum Gasteiger partial charge on any atom is -0.378 e. The van der Waals surface area contributed by atoms with E-state index in [0.717, 1.165) is 18.7 Å². The van der Waals surface area contributed by atoms with Crippen LogP contribution in [0.1, 0.15) is 19.8 Å². The van der Waals surface area contributed by atoms with Crippen LogP contribution in [-0.2, 0) is 0 Å². The second-order valence-corrected chi connectivity index (χ2v) is 5.45. The van der Waals surface area contributed by atoms with Crippen molar-refractivity contribution < 1.29 is 0 Å². The van der Waals surface area contributed by atoms with E-state index in [1.54, 1.807) is 0 Å². The third-order valence-electron chi connectivity index (χ3n) is 2.63. The summed E-state index contributed by atoms with van der Waals surface area (Å²) in [4.78, 5) is 1.45. The average molecular weight is 262 g/mol. The van der Waals surface area contributed by atoms with Gasteiger partial charge in [0.1, 0.15) is 0 Å². The van der Waals surface area contributed by atoms with Gasteiger partial charge in [0.05, 0.1) is 15.9 Å². The number of halogens is 2. The lowest BCUT2D eigenvalue weighted by Gasteiger charge is -2.18. The van der Waals surface area contributed by atoms with Gasteiger partial charge in [-0.2, -0.15) is 0 Å². The monoisotopic (exact) mass is 261 g/mol. The fraction of sp³-hybridized carbons (Fsp3) is 0.455. The molecule has 2 aliphatic rings. The fourth-order valence-corrected chi connectivity index (χ4v) is 3.23. The van der Waals surface area contributed by atoms with E-state index >= 15 is 0 Å². The molecule has 0 amide bonds. The van der Waals surface area contributed by atoms with Crippen molar-refractivity contribution in [2.75, 3.05) is 5.88 Å². The van der Waals surface area contributed by atoms with Crippen LogP contribution in [0.15, 0.2) is 32.8 Å². The van der Waals surface area contributed by atoms with Crippen LogP contribution in [0.3, 0.4) is 0 Å². The molecule has 0 saturated carbocycles. The summed E-state index contributed by atoms with van der Waals surface area (Å²) in [5, 5.41) is 4.78. The second-order valence-electron chi connectivity index (χ2n) is 3.56. The number of rotatable bonds is 2. The Kier molecular flexibility index (Phi) is 3.70. The van der Waals surface area contributed by atoms with Gasteiger partial charge >= 0.3 is 0 Å². The summed E-state index contributed by atoms with van der Waals surface area (Å²) in [7, 11) is 0. The molecule has 1 heterocycles. The fourth-order valence-electron chi connectivity index (χ4n) is 1.86. The predicted octanol–water partition coefficient (Wildman–Crippen LogP) is 4.17. The molecule has 1 aliphatic carbocycles. The third kappa shape index (κ3) is 2.38. The summed E-state index contributed by atoms with van der Waals surface area (Å²) in [6.45, 7) is 2.19. The predicted molar refractivity (Wildman–Crippen MR) is 68.9 cm³/mol. The van der Waals surface area contributed by atoms with Crippen molar-refractivity contribution in [2.45, 2.75) is 19.8 Å². The average Bonchev–Trinajstić information content (AvgIpc) is 2.70. The zero-order valence-corrected chi connectivity index (χ0v) is 10.8. The van der Waals surface area contributed by atoms with Crippen LogP contribution < -0.4 is 5.32 Å². The molecule has 2 rings (SSSR count). The van der Waals surface area contributed by atoms with Gasteiger partial charge in [-0.05, 0) is 12.8 Å². The number of nitrogens with one attached hydrogen (secondary N) is 1. The Bertz CT molecular complexity index is 358. The van der Waals surface area contributed by atoms with Crippen molar-refractivity contribution in [3.63, 3.8) is 0 Å². The van der Waals surface area contributed by atoms with E-state index in [2.05, 4.69) is 12.2 Å². The minimum absolute atomic E-state index is 0.380. The van der Waals surface area contributed by atoms with Gasteiger partial charge in [0.2, 0.25) is 0 Å². The quantitative estimate of drug-likeness (QED) is 0.801. The summed E-state index contributed by atoms with van der Waals surface area (Å²) >= 11 is 13.9. The lowest BCUT2D eigenvalue weighted by Crippen LogP contribution is -2.16. The Morgan fingerprint density at radius 3 is 2.93 bits per heavy atom. The Morgan fingerprint density at radius 2 is 2.27 bits per heavy atom. The molecule has 15 heavy (non-hydrogen) atoms. The smallest absolute Gasteiger partial charge is 0.0652 e. The summed E-state index contributed by atoms with van der Waals surface area (Å²) in [6.07, 6.45) is 6.08. The standard InChI is InChI=1S/C11H13Cl2NS/c1-2-10-11(14-6-15-10)7-3-4-8(12)9(13)5-7/h4-5,7,14H,2-3,6H2,1H3. The van der Waals surface area contributed by atoms with E-state index in [4.69, 9.17) is 23.2 Å². The van der Waals surface area contributed by atoms with Crippen molar-refractivity contribution >= 4 is 35.0 Å². The first-order valence-electron chi connectivity index (χ1n) is 5.05. The highest BCUT2D eigenvalue weighted by Crippen LogP contribution is 2.37. The molecular formula is C11H13Cl2NS. The molecule has 0 aromatic heterocycles. The summed E-state index contributed by atoms with van der Waals surface area (Å²) in [5.74, 6) is 1.36. The molecule has 0 spiro atoms. The van der Waals surface area contributed by atoms with Crippen LogP contribution in [0.4, 0.5) is 0 Å². The van der Waals surface area contributed by atoms with E-state index < -0.39 is 0 Å². The second kappa shape index (κ2) is 4.86. The summed E-state index contributed by atoms with van der Waals surface area (Å²) < 4.78 is 0. The normalized spacial score (nSPS) is 26.2. The lowest BCUT2D eigenvalue weighted by atomic mass is 9.96. The first-order chi connectivity index (χ1) is 7.22. The zero-order chi connectivity index (χ0) is 10.8. The number of allylic oxidation sites excluding steroid dienone is 5. The molecule has 0 fully saturated rings. The van der Waals surface area contributed by atoms with Gasteiger partial charge in [-0.1, -0.05) is 42.3 Å². The van der Waals surface area contributed by atoms with Crippen molar-refractivity contribution in [3.8, 4) is 0 Å². The van der Waals surface area contributed by atoms with Gasteiger partial charge in [-0.3, -0.25) is 0 Å². The van der Waals surface area contributed by atoms with Crippen LogP contribution in [0.5, 0.6) is 0 Å². The maximum atomic E-state index is 6.03. The Morgan fingerprint density at radius 1 is 1.47 bits per heavy atom. The lowest BCUT2D eigenvalue weighted by molar-refractivity contribution is 0.692. The molecule has 0 aromatic rings. The molecule has 82 valence electrons. The number of thioether (sulfide) groups is 1. The zero-order valence-electron chi connectivity index (χ0n) is 8.52. The largest absolute Gasteiger partial charge is 0.378 e. The van der Waals surface area contributed by atoms with Gasteiger partial charge < -0.3 is 5.32 Å². The molecule has 0 radical (unpaired) electrons. The van der Waals surface area contributed by atoms with Crippen LogP contribution >= 0.6 is 35.0 Å². The van der Waals surface area contributed by atoms with Gasteiger partial charge in [-0.25, -0.2) is 0 Å². The van der Waals surface area contributed by atoms with Crippen LogP contribution in [0.25, 0.3) is 0 Å². The molecule has 1 unspecified atom stereocenters. The van der Waals surface area contributed by atoms with Crippen LogP contribution in [0.2, 0.25) is 0 Å². The molecule has 0 bridgehead atoms. The molecule has 1 nitrogen and oxygen atoms in total. The van der Waals surface area contributed by atoms with E-state index in [1.165, 1.54) is 10.6 Å². The molecular weight excluding hydrogens is 249 g/mol. The molecule has 1 N–H and O–H groups in total. The summed E-state index contributed by atoms with van der Waals surface area (Å²) in [6, 6.07) is 0. The topological polar surface area (TPSA) is 12.0 Å². The number of hydrogen-bond donors (Lipinski definition) is 1. The van der Waals surface area contributed by atoms with Gasteiger partial charge in [0, 0.05) is 16.5 Å². The van der Waals surface area contributed by atoms with E-state index in [0.29, 0.717) is 16.0 Å². The number of hydrogen-bond acceptors (Lipinski definition) is 2. The van der Waals surface area contributed by atoms with Crippen molar-refractivity contribution in [1.82, 2.24) is 5.32 Å². The minimum atomic E-state index is 0.380. The molecule has 1 aliphatic heterocycles. The van der Waals surface area contributed by atoms with Gasteiger partial charge in [0.25, 0.3) is 0 Å². The van der Waals surface area contributed by atoms with Crippen LogP contribution in [-0.4, -0.2) is 5.88 Å². The molecule has 4 heteroatoms. The highest BCUT2D eigenvalue weighted by molar-refractivity contribution is 8.03. The maximum absolute atomic E-state index is 6.03. The van der Waals surface area contributed by atoms with Crippen LogP contribution in [0, 0.1) is 5.92 Å². The first-order valence-corrected chi connectivity index (χ1v) is 6.79. The third-order valence-corrected chi connectivity index (χ3v) is 4.56. The van der Waals surface area contributed by atoms with Gasteiger partial charge in [-0.15, -0.1) is 11.8 Å². The van der Waals surface area contributed by atoms with Crippen molar-refractivity contribution in [2.24, 2.45) is 5.92 Å².